The molecule has 0 unspecified atom stereocenters. The first-order valence-corrected chi connectivity index (χ1v) is 6.62. The van der Waals surface area contributed by atoms with Gasteiger partial charge in [0, 0.05) is 15.9 Å². The molecule has 4 rings (SSSR count). The third-order valence-corrected chi connectivity index (χ3v) is 3.80. The summed E-state index contributed by atoms with van der Waals surface area (Å²) in [5.74, 6) is 0. The van der Waals surface area contributed by atoms with Crippen molar-refractivity contribution in [3.8, 4) is 0 Å². The molecule has 0 fully saturated rings. The van der Waals surface area contributed by atoms with Gasteiger partial charge in [-0.05, 0) is 30.3 Å². The fourth-order valence-electron chi connectivity index (χ4n) is 2.46. The maximum absolute atomic E-state index is 3.51. The van der Waals surface area contributed by atoms with Crippen LogP contribution < -0.4 is 4.98 Å². The molecule has 0 saturated heterocycles. The Morgan fingerprint density at radius 1 is 0.944 bits per heavy atom. The lowest BCUT2D eigenvalue weighted by atomic mass is 10.2. The third kappa shape index (κ3) is 1.37. The SMILES string of the molecule is Brc1ccc2[nH+]c3c(cc2c1)[nH]c1ccccc13. The topological polar surface area (TPSA) is 29.9 Å². The van der Waals surface area contributed by atoms with E-state index in [2.05, 4.69) is 68.4 Å². The highest BCUT2D eigenvalue weighted by atomic mass is 79.9. The van der Waals surface area contributed by atoms with Crippen LogP contribution in [0, 0.1) is 0 Å². The molecule has 2 aromatic heterocycles. The van der Waals surface area contributed by atoms with Crippen LogP contribution in [0.5, 0.6) is 0 Å². The number of fused-ring (bicyclic) bond motifs is 4. The molecule has 2 N–H and O–H groups in total. The van der Waals surface area contributed by atoms with Crippen LogP contribution in [-0.2, 0) is 0 Å². The summed E-state index contributed by atoms with van der Waals surface area (Å²) in [6.45, 7) is 0. The molecular weight excluding hydrogens is 288 g/mol. The Hall–Kier alpha value is -1.87. The van der Waals surface area contributed by atoms with E-state index in [1.54, 1.807) is 0 Å². The van der Waals surface area contributed by atoms with Crippen molar-refractivity contribution in [2.45, 2.75) is 0 Å². The zero-order valence-electron chi connectivity index (χ0n) is 9.50. The summed E-state index contributed by atoms with van der Waals surface area (Å²) in [6, 6.07) is 16.8. The Balaban J connectivity index is 2.23. The predicted octanol–water partition coefficient (Wildman–Crippen LogP) is 4.05. The quantitative estimate of drug-likeness (QED) is 0.507. The van der Waals surface area contributed by atoms with Crippen LogP contribution in [0.2, 0.25) is 0 Å². The molecule has 0 saturated carbocycles. The lowest BCUT2D eigenvalue weighted by Gasteiger charge is -1.93. The summed E-state index contributed by atoms with van der Waals surface area (Å²) in [5.41, 5.74) is 4.62. The van der Waals surface area contributed by atoms with Gasteiger partial charge >= 0.3 is 0 Å². The highest BCUT2D eigenvalue weighted by Gasteiger charge is 2.12. The maximum Gasteiger partial charge on any atom is 0.237 e. The molecule has 0 radical (unpaired) electrons. The number of hydrogen-bond donors (Lipinski definition) is 1. The molecule has 0 atom stereocenters. The van der Waals surface area contributed by atoms with Crippen LogP contribution in [0.1, 0.15) is 0 Å². The summed E-state index contributed by atoms with van der Waals surface area (Å²) >= 11 is 3.51. The van der Waals surface area contributed by atoms with E-state index in [-0.39, 0.29) is 0 Å². The van der Waals surface area contributed by atoms with Gasteiger partial charge in [-0.2, -0.15) is 0 Å². The third-order valence-electron chi connectivity index (χ3n) is 3.31. The first-order valence-electron chi connectivity index (χ1n) is 5.83. The van der Waals surface area contributed by atoms with Gasteiger partial charge in [-0.3, -0.25) is 0 Å². The van der Waals surface area contributed by atoms with Crippen molar-refractivity contribution in [2.24, 2.45) is 0 Å². The van der Waals surface area contributed by atoms with Gasteiger partial charge in [-0.1, -0.05) is 28.1 Å². The zero-order chi connectivity index (χ0) is 12.1. The second kappa shape index (κ2) is 3.56. The maximum atomic E-state index is 3.51. The number of rotatable bonds is 0. The Bertz CT molecular complexity index is 893. The molecule has 0 amide bonds. The standard InChI is InChI=1S/C15H9BrN2/c16-10-5-6-12-9(7-10)8-14-15(18-12)11-3-1-2-4-13(11)17-14/h1-8,17H/p+1. The van der Waals surface area contributed by atoms with Crippen LogP contribution in [0.3, 0.4) is 0 Å². The largest absolute Gasteiger partial charge is 0.349 e. The molecule has 18 heavy (non-hydrogen) atoms. The molecule has 0 aliphatic rings. The Morgan fingerprint density at radius 2 is 1.83 bits per heavy atom. The van der Waals surface area contributed by atoms with Crippen LogP contribution in [-0.4, -0.2) is 4.98 Å². The molecule has 86 valence electrons. The van der Waals surface area contributed by atoms with E-state index < -0.39 is 0 Å². The van der Waals surface area contributed by atoms with E-state index >= 15 is 0 Å². The Morgan fingerprint density at radius 3 is 2.78 bits per heavy atom. The molecule has 0 bridgehead atoms. The number of nitrogens with one attached hydrogen (secondary N) is 2. The average Bonchev–Trinajstić information content (AvgIpc) is 2.73. The smallest absolute Gasteiger partial charge is 0.237 e. The van der Waals surface area contributed by atoms with Crippen molar-refractivity contribution in [1.29, 1.82) is 0 Å². The molecule has 3 heteroatoms. The van der Waals surface area contributed by atoms with Crippen molar-refractivity contribution in [2.75, 3.05) is 0 Å². The molecular formula is C15H10BrN2+. The van der Waals surface area contributed by atoms with Gasteiger partial charge in [0.25, 0.3) is 0 Å². The minimum Gasteiger partial charge on any atom is -0.349 e. The first-order chi connectivity index (χ1) is 8.81. The lowest BCUT2D eigenvalue weighted by molar-refractivity contribution is -0.309. The fourth-order valence-corrected chi connectivity index (χ4v) is 2.84. The monoisotopic (exact) mass is 297 g/mol. The van der Waals surface area contributed by atoms with Gasteiger partial charge < -0.3 is 4.98 Å². The van der Waals surface area contributed by atoms with E-state index in [0.717, 1.165) is 21.0 Å². The number of benzene rings is 2. The summed E-state index contributed by atoms with van der Waals surface area (Å²) in [6.07, 6.45) is 0. The Labute approximate surface area is 112 Å². The summed E-state index contributed by atoms with van der Waals surface area (Å²) < 4.78 is 1.10. The number of H-pyrrole nitrogens is 2. The number of aromatic amines is 2. The Kier molecular flexibility index (Phi) is 2.00. The number of hydrogen-bond acceptors (Lipinski definition) is 0. The summed E-state index contributed by atoms with van der Waals surface area (Å²) in [7, 11) is 0. The lowest BCUT2D eigenvalue weighted by Crippen LogP contribution is -2.03. The molecule has 2 heterocycles. The average molecular weight is 298 g/mol. The normalized spacial score (nSPS) is 11.6. The van der Waals surface area contributed by atoms with E-state index in [4.69, 9.17) is 0 Å². The van der Waals surface area contributed by atoms with E-state index in [1.807, 2.05) is 6.07 Å². The first kappa shape index (κ1) is 10.1. The van der Waals surface area contributed by atoms with Crippen LogP contribution in [0.15, 0.2) is 53.0 Å². The number of aromatic nitrogens is 2. The van der Waals surface area contributed by atoms with Crippen LogP contribution >= 0.6 is 15.9 Å². The van der Waals surface area contributed by atoms with Gasteiger partial charge in [0.15, 0.2) is 0 Å². The van der Waals surface area contributed by atoms with Gasteiger partial charge in [0.2, 0.25) is 11.0 Å². The molecule has 4 aromatic rings. The van der Waals surface area contributed by atoms with Crippen molar-refractivity contribution < 1.29 is 4.98 Å². The highest BCUT2D eigenvalue weighted by molar-refractivity contribution is 9.10. The number of para-hydroxylation sites is 1. The van der Waals surface area contributed by atoms with Gasteiger partial charge in [0.05, 0.1) is 10.9 Å². The molecule has 2 aromatic carbocycles. The molecule has 0 spiro atoms. The number of pyridine rings is 1. The highest BCUT2D eigenvalue weighted by Crippen LogP contribution is 2.25. The van der Waals surface area contributed by atoms with Crippen molar-refractivity contribution in [3.05, 3.63) is 53.0 Å². The van der Waals surface area contributed by atoms with Crippen molar-refractivity contribution in [3.63, 3.8) is 0 Å². The minimum absolute atomic E-state index is 1.10. The van der Waals surface area contributed by atoms with Crippen molar-refractivity contribution in [1.82, 2.24) is 4.98 Å². The second-order valence-corrected chi connectivity index (χ2v) is 5.38. The van der Waals surface area contributed by atoms with E-state index in [9.17, 15) is 0 Å². The molecule has 0 aliphatic carbocycles. The van der Waals surface area contributed by atoms with Crippen LogP contribution in [0.25, 0.3) is 32.8 Å². The van der Waals surface area contributed by atoms with Gasteiger partial charge in [0.1, 0.15) is 5.52 Å². The van der Waals surface area contributed by atoms with E-state index in [1.165, 1.54) is 16.3 Å². The predicted molar refractivity (Wildman–Crippen MR) is 77.6 cm³/mol. The second-order valence-electron chi connectivity index (χ2n) is 4.46. The van der Waals surface area contributed by atoms with Gasteiger partial charge in [-0.25, -0.2) is 4.98 Å². The molecule has 0 aliphatic heterocycles. The van der Waals surface area contributed by atoms with E-state index in [0.29, 0.717) is 0 Å². The van der Waals surface area contributed by atoms with Crippen molar-refractivity contribution >= 4 is 48.8 Å². The fraction of sp³-hybridized carbons (Fsp3) is 0. The number of halogens is 1. The zero-order valence-corrected chi connectivity index (χ0v) is 11.1. The van der Waals surface area contributed by atoms with Crippen LogP contribution in [0.4, 0.5) is 0 Å². The summed E-state index contributed by atoms with van der Waals surface area (Å²) in [4.78, 5) is 6.95. The summed E-state index contributed by atoms with van der Waals surface area (Å²) in [5, 5.41) is 2.43. The molecule has 2 nitrogen and oxygen atoms in total. The van der Waals surface area contributed by atoms with Gasteiger partial charge in [-0.15, -0.1) is 0 Å². The minimum atomic E-state index is 1.10.